The van der Waals surface area contributed by atoms with E-state index in [9.17, 15) is 18.8 Å². The number of alkyl halides is 2. The maximum atomic E-state index is 13.4. The molecule has 0 radical (unpaired) electrons. The first kappa shape index (κ1) is 23.2. The highest BCUT2D eigenvalue weighted by molar-refractivity contribution is 6.08. The van der Waals surface area contributed by atoms with Gasteiger partial charge in [-0.3, -0.25) is 4.79 Å². The fourth-order valence-electron chi connectivity index (χ4n) is 4.87. The molecule has 33 heavy (non-hydrogen) atoms. The summed E-state index contributed by atoms with van der Waals surface area (Å²) in [6.45, 7) is 1.55. The molecule has 5 nitrogen and oxygen atoms in total. The number of aryl methyl sites for hydroxylation is 1. The van der Waals surface area contributed by atoms with E-state index < -0.39 is 5.92 Å². The average molecular weight is 453 g/mol. The summed E-state index contributed by atoms with van der Waals surface area (Å²) in [5.74, 6) is 3.43. The summed E-state index contributed by atoms with van der Waals surface area (Å²) < 4.78 is 27.7. The molecular weight excluding hydrogens is 422 g/mol. The van der Waals surface area contributed by atoms with E-state index in [4.69, 9.17) is 0 Å². The third kappa shape index (κ3) is 5.19. The van der Waals surface area contributed by atoms with Crippen LogP contribution in [0.25, 0.3) is 11.0 Å². The van der Waals surface area contributed by atoms with Crippen LogP contribution in [-0.4, -0.2) is 39.4 Å². The summed E-state index contributed by atoms with van der Waals surface area (Å²) in [6.07, 6.45) is 8.88. The van der Waals surface area contributed by atoms with Crippen LogP contribution in [0.5, 0.6) is 0 Å². The van der Waals surface area contributed by atoms with E-state index in [0.29, 0.717) is 11.1 Å². The van der Waals surface area contributed by atoms with E-state index >= 15 is 0 Å². The predicted octanol–water partition coefficient (Wildman–Crippen LogP) is 5.22. The van der Waals surface area contributed by atoms with Crippen molar-refractivity contribution in [3.63, 3.8) is 0 Å². The number of fused-ring (bicyclic) bond motifs is 1. The monoisotopic (exact) mass is 452 g/mol. The number of pyridine rings is 1. The smallest absolute Gasteiger partial charge is 0.256 e. The van der Waals surface area contributed by atoms with Crippen molar-refractivity contribution in [2.75, 3.05) is 13.1 Å². The molecule has 2 aromatic heterocycles. The molecule has 2 aliphatic rings. The lowest BCUT2D eigenvalue weighted by molar-refractivity contribution is -0.0936. The first-order chi connectivity index (χ1) is 15.9. The van der Waals surface area contributed by atoms with Crippen molar-refractivity contribution in [2.45, 2.75) is 70.1 Å². The van der Waals surface area contributed by atoms with Crippen molar-refractivity contribution >= 4 is 16.9 Å². The number of rotatable bonds is 7. The minimum absolute atomic E-state index is 0.0434. The van der Waals surface area contributed by atoms with E-state index in [-0.39, 0.29) is 24.7 Å². The van der Waals surface area contributed by atoms with Gasteiger partial charge in [0.1, 0.15) is 11.7 Å². The Morgan fingerprint density at radius 3 is 2.64 bits per heavy atom. The summed E-state index contributed by atoms with van der Waals surface area (Å²) >= 11 is 0. The van der Waals surface area contributed by atoms with Crippen molar-refractivity contribution in [2.24, 2.45) is 13.0 Å². The predicted molar refractivity (Wildman–Crippen MR) is 123 cm³/mol. The molecule has 0 bridgehead atoms. The van der Waals surface area contributed by atoms with Gasteiger partial charge in [-0.2, -0.15) is 5.26 Å². The van der Waals surface area contributed by atoms with Crippen molar-refractivity contribution in [1.29, 1.82) is 5.26 Å². The number of aromatic nitrogens is 2. The van der Waals surface area contributed by atoms with Crippen LogP contribution in [0.15, 0.2) is 12.3 Å². The topological polar surface area (TPSA) is 61.9 Å². The van der Waals surface area contributed by atoms with Crippen LogP contribution in [0, 0.1) is 29.1 Å². The second-order valence-corrected chi connectivity index (χ2v) is 9.28. The van der Waals surface area contributed by atoms with Crippen molar-refractivity contribution < 1.29 is 13.6 Å². The van der Waals surface area contributed by atoms with Crippen molar-refractivity contribution in [1.82, 2.24) is 14.5 Å². The molecule has 1 amide bonds. The fourth-order valence-corrected chi connectivity index (χ4v) is 4.87. The molecule has 0 spiro atoms. The van der Waals surface area contributed by atoms with Gasteiger partial charge in [0, 0.05) is 62.6 Å². The lowest BCUT2D eigenvalue weighted by atomic mass is 9.82. The molecule has 2 aromatic rings. The van der Waals surface area contributed by atoms with E-state index in [0.717, 1.165) is 81.2 Å². The van der Waals surface area contributed by atoms with Gasteiger partial charge in [-0.25, -0.2) is 13.8 Å². The largest absolute Gasteiger partial charge is 0.339 e. The molecule has 0 aromatic carbocycles. The van der Waals surface area contributed by atoms with Crippen LogP contribution in [0.1, 0.15) is 79.4 Å². The Balaban J connectivity index is 1.37. The van der Waals surface area contributed by atoms with Gasteiger partial charge in [-0.15, -0.1) is 5.92 Å². The molecule has 2 fully saturated rings. The maximum absolute atomic E-state index is 13.4. The SMILES string of the molecule is Cn1c(CCCCCCC#CC2CC(F)(F)C2)c(C(=O)N2CCCC2)c2cc(C#N)cnc21. The van der Waals surface area contributed by atoms with Gasteiger partial charge in [0.05, 0.1) is 11.1 Å². The summed E-state index contributed by atoms with van der Waals surface area (Å²) in [5.41, 5.74) is 2.88. The lowest BCUT2D eigenvalue weighted by Gasteiger charge is -2.31. The minimum atomic E-state index is -2.50. The number of unbranched alkanes of at least 4 members (excludes halogenated alkanes) is 4. The molecule has 0 N–H and O–H groups in total. The van der Waals surface area contributed by atoms with Crippen LogP contribution in [0.3, 0.4) is 0 Å². The first-order valence-electron chi connectivity index (χ1n) is 11.9. The zero-order valence-electron chi connectivity index (χ0n) is 19.2. The highest BCUT2D eigenvalue weighted by Gasteiger charge is 2.44. The number of nitriles is 1. The molecular formula is C26H30F2N4O. The molecule has 1 aliphatic heterocycles. The molecule has 7 heteroatoms. The molecule has 0 atom stereocenters. The van der Waals surface area contributed by atoms with E-state index in [2.05, 4.69) is 22.9 Å². The third-order valence-electron chi connectivity index (χ3n) is 6.75. The number of likely N-dealkylation sites (tertiary alicyclic amines) is 1. The highest BCUT2D eigenvalue weighted by atomic mass is 19.3. The highest BCUT2D eigenvalue weighted by Crippen LogP contribution is 2.41. The van der Waals surface area contributed by atoms with Gasteiger partial charge in [0.2, 0.25) is 0 Å². The molecule has 174 valence electrons. The summed E-state index contributed by atoms with van der Waals surface area (Å²) in [6, 6.07) is 3.92. The van der Waals surface area contributed by atoms with E-state index in [1.165, 1.54) is 0 Å². The Morgan fingerprint density at radius 1 is 1.21 bits per heavy atom. The number of hydrogen-bond donors (Lipinski definition) is 0. The average Bonchev–Trinajstić information content (AvgIpc) is 3.40. The summed E-state index contributed by atoms with van der Waals surface area (Å²) in [7, 11) is 1.94. The van der Waals surface area contributed by atoms with Crippen LogP contribution >= 0.6 is 0 Å². The zero-order valence-corrected chi connectivity index (χ0v) is 19.2. The number of carbonyl (C=O) groups excluding carboxylic acids is 1. The Kier molecular flexibility index (Phi) is 6.98. The Hall–Kier alpha value is -2.93. The second-order valence-electron chi connectivity index (χ2n) is 9.28. The van der Waals surface area contributed by atoms with Crippen molar-refractivity contribution in [3.05, 3.63) is 29.1 Å². The van der Waals surface area contributed by atoms with Gasteiger partial charge in [-0.05, 0) is 38.2 Å². The van der Waals surface area contributed by atoms with Gasteiger partial charge in [0.15, 0.2) is 0 Å². The standard InChI is InChI=1S/C26H30F2N4O/c1-31-22(11-7-5-3-2-4-6-10-19-15-26(27,28)16-19)23(25(33)32-12-8-9-13-32)21-14-20(17-29)18-30-24(21)31/h14,18-19H,2-5,7-9,11-13,15-16H2,1H3. The number of amides is 1. The summed E-state index contributed by atoms with van der Waals surface area (Å²) in [5, 5.41) is 10.1. The van der Waals surface area contributed by atoms with Gasteiger partial charge in [0.25, 0.3) is 11.8 Å². The van der Waals surface area contributed by atoms with E-state index in [1.54, 1.807) is 12.3 Å². The minimum Gasteiger partial charge on any atom is -0.339 e. The molecule has 0 unspecified atom stereocenters. The van der Waals surface area contributed by atoms with Crippen LogP contribution < -0.4 is 0 Å². The van der Waals surface area contributed by atoms with Crippen LogP contribution in [0.2, 0.25) is 0 Å². The molecule has 3 heterocycles. The summed E-state index contributed by atoms with van der Waals surface area (Å²) in [4.78, 5) is 19.7. The maximum Gasteiger partial charge on any atom is 0.256 e. The number of nitrogens with zero attached hydrogens (tertiary/aromatic N) is 4. The Labute approximate surface area is 193 Å². The van der Waals surface area contributed by atoms with E-state index in [1.807, 2.05) is 16.5 Å². The third-order valence-corrected chi connectivity index (χ3v) is 6.75. The number of halogens is 2. The Bertz CT molecular complexity index is 1120. The fraction of sp³-hybridized carbons (Fsp3) is 0.577. The zero-order chi connectivity index (χ0) is 23.4. The molecule has 1 aliphatic carbocycles. The molecule has 1 saturated heterocycles. The lowest BCUT2D eigenvalue weighted by Crippen LogP contribution is -2.34. The Morgan fingerprint density at radius 2 is 1.94 bits per heavy atom. The number of carbonyl (C=O) groups is 1. The van der Waals surface area contributed by atoms with Gasteiger partial charge >= 0.3 is 0 Å². The quantitative estimate of drug-likeness (QED) is 0.427. The normalized spacial score (nSPS) is 17.5. The van der Waals surface area contributed by atoms with Gasteiger partial charge in [-0.1, -0.05) is 18.8 Å². The van der Waals surface area contributed by atoms with Crippen LogP contribution in [0.4, 0.5) is 8.78 Å². The second kappa shape index (κ2) is 9.91. The van der Waals surface area contributed by atoms with Gasteiger partial charge < -0.3 is 9.47 Å². The molecule has 4 rings (SSSR count). The number of hydrogen-bond acceptors (Lipinski definition) is 3. The first-order valence-corrected chi connectivity index (χ1v) is 11.9. The molecule has 1 saturated carbocycles. The van der Waals surface area contributed by atoms with Crippen LogP contribution in [-0.2, 0) is 13.5 Å². The van der Waals surface area contributed by atoms with Crippen molar-refractivity contribution in [3.8, 4) is 17.9 Å².